The van der Waals surface area contributed by atoms with Gasteiger partial charge in [-0.1, -0.05) is 11.6 Å². The van der Waals surface area contributed by atoms with Gasteiger partial charge in [-0.25, -0.2) is 13.1 Å². The topological polar surface area (TPSA) is 107 Å². The van der Waals surface area contributed by atoms with Crippen molar-refractivity contribution in [2.45, 2.75) is 30.7 Å². The van der Waals surface area contributed by atoms with Crippen molar-refractivity contribution < 1.29 is 17.9 Å². The number of benzene rings is 1. The number of aromatic nitrogens is 3. The summed E-state index contributed by atoms with van der Waals surface area (Å²) in [4.78, 5) is 14.8. The smallest absolute Gasteiger partial charge is 0.321 e. The number of anilines is 1. The molecule has 2 heterocycles. The molecule has 1 N–H and O–H groups in total. The second kappa shape index (κ2) is 8.89. The van der Waals surface area contributed by atoms with Crippen LogP contribution >= 0.6 is 11.6 Å². The maximum absolute atomic E-state index is 12.7. The molecule has 9 nitrogen and oxygen atoms in total. The summed E-state index contributed by atoms with van der Waals surface area (Å²) in [5, 5.41) is 0.287. The van der Waals surface area contributed by atoms with Gasteiger partial charge in [0.25, 0.3) is 0 Å². The molecule has 0 spiro atoms. The van der Waals surface area contributed by atoms with E-state index in [1.165, 1.54) is 32.8 Å². The summed E-state index contributed by atoms with van der Waals surface area (Å²) in [5.41, 5.74) is 0. The van der Waals surface area contributed by atoms with Crippen LogP contribution in [0.5, 0.6) is 11.8 Å². The molecule has 1 saturated heterocycles. The minimum Gasteiger partial charge on any atom is -0.495 e. The maximum atomic E-state index is 12.7. The van der Waals surface area contributed by atoms with E-state index in [1.807, 2.05) is 4.90 Å². The van der Waals surface area contributed by atoms with Gasteiger partial charge < -0.3 is 14.4 Å². The molecule has 0 bridgehead atoms. The Balaban J connectivity index is 1.82. The third-order valence-corrected chi connectivity index (χ3v) is 5.96. The van der Waals surface area contributed by atoms with Gasteiger partial charge in [-0.2, -0.15) is 15.0 Å². The van der Waals surface area contributed by atoms with Gasteiger partial charge in [0.2, 0.25) is 16.0 Å². The highest BCUT2D eigenvalue weighted by atomic mass is 35.5. The van der Waals surface area contributed by atoms with Gasteiger partial charge in [0, 0.05) is 18.1 Å². The van der Waals surface area contributed by atoms with E-state index in [4.69, 9.17) is 21.1 Å². The molecule has 3 rings (SSSR count). The summed E-state index contributed by atoms with van der Waals surface area (Å²) in [6.07, 6.45) is 3.29. The second-order valence-corrected chi connectivity index (χ2v) is 8.38. The number of hydrogen-bond acceptors (Lipinski definition) is 8. The van der Waals surface area contributed by atoms with E-state index in [9.17, 15) is 8.42 Å². The SMILES string of the molecule is COc1nc(CNS(=O)(=O)c2cc(Cl)ccc2OC)nc(N2CCCCC2)n1. The first kappa shape index (κ1) is 20.6. The summed E-state index contributed by atoms with van der Waals surface area (Å²) in [7, 11) is -1.04. The highest BCUT2D eigenvalue weighted by Gasteiger charge is 2.22. The van der Waals surface area contributed by atoms with Crippen molar-refractivity contribution in [2.24, 2.45) is 0 Å². The van der Waals surface area contributed by atoms with Crippen molar-refractivity contribution >= 4 is 27.6 Å². The van der Waals surface area contributed by atoms with Crippen LogP contribution in [-0.4, -0.2) is 50.7 Å². The fraction of sp³-hybridized carbons (Fsp3) is 0.471. The Morgan fingerprint density at radius 3 is 2.54 bits per heavy atom. The van der Waals surface area contributed by atoms with Gasteiger partial charge in [-0.15, -0.1) is 0 Å². The standard InChI is InChI=1S/C17H22ClN5O4S/c1-26-13-7-6-12(18)10-14(13)28(24,25)19-11-15-20-16(22-17(21-15)27-2)23-8-4-3-5-9-23/h6-7,10,19H,3-5,8-9,11H2,1-2H3. The molecule has 11 heteroatoms. The lowest BCUT2D eigenvalue weighted by atomic mass is 10.1. The quantitative estimate of drug-likeness (QED) is 0.715. The average molecular weight is 428 g/mol. The van der Waals surface area contributed by atoms with Gasteiger partial charge in [-0.05, 0) is 37.5 Å². The first-order valence-electron chi connectivity index (χ1n) is 8.80. The Hall–Kier alpha value is -2.17. The van der Waals surface area contributed by atoms with Gasteiger partial charge in [0.15, 0.2) is 5.82 Å². The summed E-state index contributed by atoms with van der Waals surface area (Å²) < 4.78 is 38.2. The molecule has 1 aliphatic rings. The van der Waals surface area contributed by atoms with E-state index in [0.29, 0.717) is 5.95 Å². The van der Waals surface area contributed by atoms with E-state index < -0.39 is 10.0 Å². The van der Waals surface area contributed by atoms with Gasteiger partial charge in [0.05, 0.1) is 20.8 Å². The summed E-state index contributed by atoms with van der Waals surface area (Å²) in [6.45, 7) is 1.56. The molecular weight excluding hydrogens is 406 g/mol. The molecule has 152 valence electrons. The van der Waals surface area contributed by atoms with Crippen LogP contribution in [0.2, 0.25) is 5.02 Å². The summed E-state index contributed by atoms with van der Waals surface area (Å²) in [6, 6.07) is 4.53. The minimum absolute atomic E-state index is 0.0558. The molecule has 0 unspecified atom stereocenters. The van der Waals surface area contributed by atoms with Crippen molar-refractivity contribution in [1.29, 1.82) is 0 Å². The van der Waals surface area contributed by atoms with Crippen molar-refractivity contribution in [3.63, 3.8) is 0 Å². The molecule has 0 atom stereocenters. The van der Waals surface area contributed by atoms with Crippen LogP contribution in [0.1, 0.15) is 25.1 Å². The lowest BCUT2D eigenvalue weighted by molar-refractivity contribution is 0.374. The molecule has 2 aromatic rings. The Morgan fingerprint density at radius 2 is 1.86 bits per heavy atom. The average Bonchev–Trinajstić information content (AvgIpc) is 2.72. The number of halogens is 1. The van der Waals surface area contributed by atoms with Crippen molar-refractivity contribution in [3.8, 4) is 11.8 Å². The van der Waals surface area contributed by atoms with Gasteiger partial charge in [-0.3, -0.25) is 0 Å². The summed E-state index contributed by atoms with van der Waals surface area (Å²) >= 11 is 5.94. The Labute approximate surface area is 169 Å². The number of sulfonamides is 1. The first-order chi connectivity index (χ1) is 13.4. The number of rotatable bonds is 7. The van der Waals surface area contributed by atoms with Crippen LogP contribution in [0.25, 0.3) is 0 Å². The number of hydrogen-bond donors (Lipinski definition) is 1. The fourth-order valence-electron chi connectivity index (χ4n) is 2.89. The zero-order valence-electron chi connectivity index (χ0n) is 15.7. The molecule has 1 aliphatic heterocycles. The van der Waals surface area contributed by atoms with E-state index in [1.54, 1.807) is 6.07 Å². The maximum Gasteiger partial charge on any atom is 0.321 e. The molecule has 0 saturated carbocycles. The molecule has 28 heavy (non-hydrogen) atoms. The number of nitrogens with one attached hydrogen (secondary N) is 1. The van der Waals surface area contributed by atoms with Crippen LogP contribution in [0.4, 0.5) is 5.95 Å². The van der Waals surface area contributed by atoms with Crippen LogP contribution in [0.15, 0.2) is 23.1 Å². The van der Waals surface area contributed by atoms with Crippen molar-refractivity contribution in [2.75, 3.05) is 32.2 Å². The molecular formula is C17H22ClN5O4S. The minimum atomic E-state index is -3.90. The van der Waals surface area contributed by atoms with Crippen molar-refractivity contribution in [1.82, 2.24) is 19.7 Å². The number of methoxy groups -OCH3 is 2. The lowest BCUT2D eigenvalue weighted by Gasteiger charge is -2.26. The highest BCUT2D eigenvalue weighted by molar-refractivity contribution is 7.89. The van der Waals surface area contributed by atoms with E-state index in [-0.39, 0.29) is 34.0 Å². The number of piperidine rings is 1. The Kier molecular flexibility index (Phi) is 6.53. The van der Waals surface area contributed by atoms with E-state index >= 15 is 0 Å². The summed E-state index contributed by atoms with van der Waals surface area (Å²) in [5.74, 6) is 0.942. The van der Waals surface area contributed by atoms with Crippen LogP contribution in [-0.2, 0) is 16.6 Å². The molecule has 0 aliphatic carbocycles. The van der Waals surface area contributed by atoms with Gasteiger partial charge in [0.1, 0.15) is 10.6 Å². The van der Waals surface area contributed by atoms with Gasteiger partial charge >= 0.3 is 6.01 Å². The molecule has 0 amide bonds. The third kappa shape index (κ3) is 4.81. The van der Waals surface area contributed by atoms with Crippen LogP contribution in [0.3, 0.4) is 0 Å². The van der Waals surface area contributed by atoms with E-state index in [2.05, 4.69) is 19.7 Å². The lowest BCUT2D eigenvalue weighted by Crippen LogP contribution is -2.32. The molecule has 0 radical (unpaired) electrons. The molecule has 1 aromatic carbocycles. The van der Waals surface area contributed by atoms with Crippen LogP contribution < -0.4 is 19.1 Å². The number of nitrogens with zero attached hydrogens (tertiary/aromatic N) is 4. The molecule has 1 aromatic heterocycles. The highest BCUT2D eigenvalue weighted by Crippen LogP contribution is 2.27. The zero-order valence-corrected chi connectivity index (χ0v) is 17.3. The third-order valence-electron chi connectivity index (χ3n) is 4.31. The molecule has 1 fully saturated rings. The Bertz CT molecular complexity index is 935. The predicted molar refractivity (Wildman–Crippen MR) is 104 cm³/mol. The van der Waals surface area contributed by atoms with Crippen LogP contribution in [0, 0.1) is 0 Å². The Morgan fingerprint density at radius 1 is 1.11 bits per heavy atom. The number of ether oxygens (including phenoxy) is 2. The van der Waals surface area contributed by atoms with Crippen molar-refractivity contribution in [3.05, 3.63) is 29.0 Å². The zero-order chi connectivity index (χ0) is 20.1. The van der Waals surface area contributed by atoms with E-state index in [0.717, 1.165) is 25.9 Å². The first-order valence-corrected chi connectivity index (χ1v) is 10.7. The normalized spacial score (nSPS) is 14.8. The second-order valence-electron chi connectivity index (χ2n) is 6.21. The largest absolute Gasteiger partial charge is 0.495 e. The predicted octanol–water partition coefficient (Wildman–Crippen LogP) is 2.01. The monoisotopic (exact) mass is 427 g/mol. The fourth-order valence-corrected chi connectivity index (χ4v) is 4.30.